The van der Waals surface area contributed by atoms with Crippen molar-refractivity contribution in [3.8, 4) is 5.82 Å². The van der Waals surface area contributed by atoms with Crippen molar-refractivity contribution < 1.29 is 19.3 Å². The summed E-state index contributed by atoms with van der Waals surface area (Å²) in [7, 11) is 1.77. The number of carboxylic acid groups (broad SMARTS) is 1. The lowest BCUT2D eigenvalue weighted by Gasteiger charge is -2.05. The Morgan fingerprint density at radius 3 is 2.82 bits per heavy atom. The van der Waals surface area contributed by atoms with Crippen LogP contribution in [0.3, 0.4) is 0 Å². The number of amides is 1. The molecule has 4 rings (SSSR count). The standard InChI is InChI=1S/C17H15N11O4S/c1-27-8-20-23-17(27)33-7-11-12(21-26-28(11)14-13(18)24-32-25-14)15(29)22-19-6-9-4-2-3-5-10(9)16(30)31/h2-6,8H,7H2,1H3,(H2,18,24)(H,22,29)(H,30,31)/b19-6+. The highest BCUT2D eigenvalue weighted by Crippen LogP contribution is 2.24. The van der Waals surface area contributed by atoms with E-state index >= 15 is 0 Å². The first kappa shape index (κ1) is 21.6. The van der Waals surface area contributed by atoms with E-state index in [-0.39, 0.29) is 28.6 Å². The van der Waals surface area contributed by atoms with Gasteiger partial charge in [0.05, 0.1) is 17.5 Å². The molecule has 0 aliphatic rings. The summed E-state index contributed by atoms with van der Waals surface area (Å²) in [6, 6.07) is 6.22. The fraction of sp³-hybridized carbons (Fsp3) is 0.118. The normalized spacial score (nSPS) is 11.2. The SMILES string of the molecule is Cn1cnnc1SCc1c(C(=O)N/N=C/c2ccccc2C(=O)O)nnn1-c1nonc1N. The average Bonchev–Trinajstić information content (AvgIpc) is 3.52. The van der Waals surface area contributed by atoms with Gasteiger partial charge in [-0.1, -0.05) is 35.2 Å². The number of hydrogen-bond donors (Lipinski definition) is 3. The van der Waals surface area contributed by atoms with Gasteiger partial charge in [0, 0.05) is 18.4 Å². The van der Waals surface area contributed by atoms with Crippen LogP contribution in [0.25, 0.3) is 5.82 Å². The Morgan fingerprint density at radius 2 is 2.12 bits per heavy atom. The third kappa shape index (κ3) is 4.54. The second kappa shape index (κ2) is 9.27. The van der Waals surface area contributed by atoms with E-state index in [1.165, 1.54) is 35.1 Å². The van der Waals surface area contributed by atoms with Crippen LogP contribution in [0.1, 0.15) is 32.1 Å². The van der Waals surface area contributed by atoms with Crippen LogP contribution in [0, 0.1) is 0 Å². The fourth-order valence-electron chi connectivity index (χ4n) is 2.67. The Balaban J connectivity index is 1.59. The lowest BCUT2D eigenvalue weighted by molar-refractivity contribution is 0.0696. The highest BCUT2D eigenvalue weighted by Gasteiger charge is 2.24. The van der Waals surface area contributed by atoms with Gasteiger partial charge in [-0.2, -0.15) is 9.78 Å². The number of aromatic nitrogens is 8. The molecule has 168 valence electrons. The largest absolute Gasteiger partial charge is 0.478 e. The van der Waals surface area contributed by atoms with Crippen molar-refractivity contribution in [1.29, 1.82) is 0 Å². The van der Waals surface area contributed by atoms with Crippen molar-refractivity contribution in [3.63, 3.8) is 0 Å². The van der Waals surface area contributed by atoms with Gasteiger partial charge in [0.15, 0.2) is 10.9 Å². The molecule has 3 heterocycles. The van der Waals surface area contributed by atoms with E-state index in [4.69, 9.17) is 5.73 Å². The lowest BCUT2D eigenvalue weighted by Crippen LogP contribution is -2.20. The summed E-state index contributed by atoms with van der Waals surface area (Å²) in [6.45, 7) is 0. The topological polar surface area (TPSA) is 205 Å². The Labute approximate surface area is 188 Å². The minimum atomic E-state index is -1.12. The lowest BCUT2D eigenvalue weighted by atomic mass is 10.1. The molecule has 0 fully saturated rings. The van der Waals surface area contributed by atoms with Crippen LogP contribution < -0.4 is 11.2 Å². The minimum absolute atomic E-state index is 0.0382. The number of nitrogens with zero attached hydrogens (tertiary/aromatic N) is 9. The summed E-state index contributed by atoms with van der Waals surface area (Å²) in [5.41, 5.74) is 8.70. The minimum Gasteiger partial charge on any atom is -0.478 e. The summed E-state index contributed by atoms with van der Waals surface area (Å²) >= 11 is 1.27. The predicted octanol–water partition coefficient (Wildman–Crippen LogP) is 0.115. The molecule has 0 unspecified atom stereocenters. The number of rotatable bonds is 8. The van der Waals surface area contributed by atoms with Crippen LogP contribution in [0.5, 0.6) is 0 Å². The molecular weight excluding hydrogens is 454 g/mol. The number of benzene rings is 1. The van der Waals surface area contributed by atoms with Crippen molar-refractivity contribution >= 4 is 35.7 Å². The number of carboxylic acids is 1. The Kier molecular flexibility index (Phi) is 6.07. The number of hydrogen-bond acceptors (Lipinski definition) is 12. The molecule has 3 aromatic heterocycles. The average molecular weight is 469 g/mol. The van der Waals surface area contributed by atoms with Crippen molar-refractivity contribution in [2.45, 2.75) is 10.9 Å². The fourth-order valence-corrected chi connectivity index (χ4v) is 3.55. The van der Waals surface area contributed by atoms with Crippen LogP contribution in [0.4, 0.5) is 5.82 Å². The molecule has 4 N–H and O–H groups in total. The number of hydrazone groups is 1. The zero-order chi connectivity index (χ0) is 23.4. The first-order valence-electron chi connectivity index (χ1n) is 9.11. The maximum absolute atomic E-state index is 12.8. The van der Waals surface area contributed by atoms with Gasteiger partial charge < -0.3 is 15.4 Å². The van der Waals surface area contributed by atoms with Gasteiger partial charge in [0.2, 0.25) is 11.6 Å². The van der Waals surface area contributed by atoms with Crippen LogP contribution in [-0.2, 0) is 12.8 Å². The van der Waals surface area contributed by atoms with Crippen molar-refractivity contribution in [3.05, 3.63) is 53.1 Å². The molecular formula is C17H15N11O4S. The number of anilines is 1. The van der Waals surface area contributed by atoms with Gasteiger partial charge in [-0.05, 0) is 16.4 Å². The van der Waals surface area contributed by atoms with E-state index < -0.39 is 11.9 Å². The zero-order valence-corrected chi connectivity index (χ0v) is 17.7. The van der Waals surface area contributed by atoms with Crippen LogP contribution in [-0.4, -0.2) is 63.3 Å². The number of carbonyl (C=O) groups is 2. The summed E-state index contributed by atoms with van der Waals surface area (Å²) in [6.07, 6.45) is 2.76. The summed E-state index contributed by atoms with van der Waals surface area (Å²) in [5.74, 6) is -1.59. The van der Waals surface area contributed by atoms with Gasteiger partial charge in [-0.25, -0.2) is 14.8 Å². The Hall–Kier alpha value is -4.60. The molecule has 0 aliphatic carbocycles. The first-order chi connectivity index (χ1) is 16.0. The van der Waals surface area contributed by atoms with Crippen molar-refractivity contribution in [1.82, 2.24) is 45.5 Å². The first-order valence-corrected chi connectivity index (χ1v) is 10.1. The zero-order valence-electron chi connectivity index (χ0n) is 16.9. The highest BCUT2D eigenvalue weighted by atomic mass is 32.2. The predicted molar refractivity (Wildman–Crippen MR) is 113 cm³/mol. The van der Waals surface area contributed by atoms with Crippen LogP contribution in [0.2, 0.25) is 0 Å². The van der Waals surface area contributed by atoms with Crippen molar-refractivity contribution in [2.24, 2.45) is 12.1 Å². The second-order valence-corrected chi connectivity index (χ2v) is 7.32. The molecule has 15 nitrogen and oxygen atoms in total. The van der Waals surface area contributed by atoms with E-state index in [9.17, 15) is 14.7 Å². The molecule has 0 saturated carbocycles. The van der Waals surface area contributed by atoms with E-state index in [1.807, 2.05) is 0 Å². The number of nitrogen functional groups attached to an aromatic ring is 1. The van der Waals surface area contributed by atoms with E-state index in [0.717, 1.165) is 0 Å². The van der Waals surface area contributed by atoms with Gasteiger partial charge in [0.25, 0.3) is 5.91 Å². The van der Waals surface area contributed by atoms with Gasteiger partial charge >= 0.3 is 5.97 Å². The van der Waals surface area contributed by atoms with Crippen LogP contribution in [0.15, 0.2) is 45.5 Å². The summed E-state index contributed by atoms with van der Waals surface area (Å²) in [5, 5.41) is 36.6. The van der Waals surface area contributed by atoms with Gasteiger partial charge in [-0.3, -0.25) is 4.79 Å². The molecule has 4 aromatic rings. The molecule has 1 amide bonds. The van der Waals surface area contributed by atoms with E-state index in [1.54, 1.807) is 29.8 Å². The van der Waals surface area contributed by atoms with Crippen LogP contribution >= 0.6 is 11.8 Å². The molecule has 0 atom stereocenters. The van der Waals surface area contributed by atoms with Gasteiger partial charge in [0.1, 0.15) is 6.33 Å². The molecule has 0 spiro atoms. The quantitative estimate of drug-likeness (QED) is 0.179. The molecule has 0 aliphatic heterocycles. The number of nitrogens with two attached hydrogens (primary N) is 1. The number of aromatic carboxylic acids is 1. The molecule has 0 saturated heterocycles. The Morgan fingerprint density at radius 1 is 1.30 bits per heavy atom. The third-order valence-corrected chi connectivity index (χ3v) is 5.29. The van der Waals surface area contributed by atoms with Crippen molar-refractivity contribution in [2.75, 3.05) is 5.73 Å². The monoisotopic (exact) mass is 469 g/mol. The molecule has 0 bridgehead atoms. The number of aryl methyl sites for hydroxylation is 1. The summed E-state index contributed by atoms with van der Waals surface area (Å²) < 4.78 is 7.55. The summed E-state index contributed by atoms with van der Waals surface area (Å²) in [4.78, 5) is 24.1. The maximum atomic E-state index is 12.8. The molecule has 16 heteroatoms. The smallest absolute Gasteiger partial charge is 0.336 e. The van der Waals surface area contributed by atoms with E-state index in [2.05, 4.69) is 46.0 Å². The number of thioether (sulfide) groups is 1. The number of carbonyl (C=O) groups excluding carboxylic acids is 1. The van der Waals surface area contributed by atoms with E-state index in [0.29, 0.717) is 16.4 Å². The molecule has 33 heavy (non-hydrogen) atoms. The highest BCUT2D eigenvalue weighted by molar-refractivity contribution is 7.98. The molecule has 0 radical (unpaired) electrons. The Bertz CT molecular complexity index is 1340. The third-order valence-electron chi connectivity index (χ3n) is 4.24. The maximum Gasteiger partial charge on any atom is 0.336 e. The second-order valence-electron chi connectivity index (χ2n) is 6.37. The number of nitrogens with one attached hydrogen (secondary N) is 1. The molecule has 1 aromatic carbocycles. The van der Waals surface area contributed by atoms with Gasteiger partial charge in [-0.15, -0.1) is 15.3 Å².